The van der Waals surface area contributed by atoms with Crippen LogP contribution in [0.25, 0.3) is 0 Å². The lowest BCUT2D eigenvalue weighted by Gasteiger charge is -2.33. The highest BCUT2D eigenvalue weighted by Crippen LogP contribution is 2.20. The zero-order valence-corrected chi connectivity index (χ0v) is 19.1. The Kier molecular flexibility index (Phi) is 9.78. The van der Waals surface area contributed by atoms with Crippen LogP contribution in [0.4, 0.5) is 5.69 Å². The van der Waals surface area contributed by atoms with Crippen LogP contribution in [0.1, 0.15) is 31.7 Å². The predicted octanol–water partition coefficient (Wildman–Crippen LogP) is 4.01. The molecule has 140 valence electrons. The van der Waals surface area contributed by atoms with E-state index in [4.69, 9.17) is 0 Å². The summed E-state index contributed by atoms with van der Waals surface area (Å²) in [4.78, 5) is 18.8. The van der Waals surface area contributed by atoms with Crippen LogP contribution in [-0.4, -0.2) is 43.4 Å². The van der Waals surface area contributed by atoms with Crippen LogP contribution in [-0.2, 0) is 4.79 Å². The molecule has 1 aliphatic rings. The molecule has 0 aliphatic carbocycles. The second-order valence-corrected chi connectivity index (χ2v) is 7.34. The lowest BCUT2D eigenvalue weighted by atomic mass is 10.0. The molecule has 0 radical (unpaired) electrons. The van der Waals surface area contributed by atoms with Crippen LogP contribution < -0.4 is 10.6 Å². The number of nitrogens with one attached hydrogen (secondary N) is 2. The molecule has 1 fully saturated rings. The molecule has 25 heavy (non-hydrogen) atoms. The fourth-order valence-corrected chi connectivity index (χ4v) is 3.46. The zero-order valence-electron chi connectivity index (χ0n) is 15.1. The number of rotatable bonds is 4. The summed E-state index contributed by atoms with van der Waals surface area (Å²) < 4.78 is 1.01. The van der Waals surface area contributed by atoms with Gasteiger partial charge >= 0.3 is 0 Å². The number of guanidine groups is 1. The quantitative estimate of drug-likeness (QED) is 0.357. The highest BCUT2D eigenvalue weighted by molar-refractivity contribution is 14.0. The van der Waals surface area contributed by atoms with Crippen molar-refractivity contribution in [1.82, 2.24) is 10.2 Å². The Morgan fingerprint density at radius 1 is 1.44 bits per heavy atom. The van der Waals surface area contributed by atoms with Crippen molar-refractivity contribution in [3.8, 4) is 0 Å². The highest BCUT2D eigenvalue weighted by Gasteiger charge is 2.19. The first-order valence-corrected chi connectivity index (χ1v) is 9.30. The van der Waals surface area contributed by atoms with Crippen LogP contribution in [0.3, 0.4) is 0 Å². The van der Waals surface area contributed by atoms with Crippen LogP contribution >= 0.6 is 39.9 Å². The summed E-state index contributed by atoms with van der Waals surface area (Å²) in [5, 5.41) is 6.27. The average molecular weight is 523 g/mol. The van der Waals surface area contributed by atoms with Crippen molar-refractivity contribution in [3.63, 3.8) is 0 Å². The third kappa shape index (κ3) is 7.13. The van der Waals surface area contributed by atoms with E-state index in [2.05, 4.69) is 43.4 Å². The van der Waals surface area contributed by atoms with Crippen molar-refractivity contribution in [2.45, 2.75) is 33.1 Å². The normalized spacial score (nSPS) is 17.7. The molecule has 2 N–H and O–H groups in total. The van der Waals surface area contributed by atoms with E-state index in [9.17, 15) is 4.79 Å². The molecule has 0 aromatic heterocycles. The van der Waals surface area contributed by atoms with Gasteiger partial charge in [-0.05, 0) is 49.4 Å². The topological polar surface area (TPSA) is 56.7 Å². The van der Waals surface area contributed by atoms with Crippen LogP contribution in [0.5, 0.6) is 0 Å². The Morgan fingerprint density at radius 2 is 2.20 bits per heavy atom. The molecular weight excluding hydrogens is 495 g/mol. The second kappa shape index (κ2) is 11.0. The summed E-state index contributed by atoms with van der Waals surface area (Å²) >= 11 is 3.43. The number of likely N-dealkylation sites (tertiary alicyclic amines) is 1. The standard InChI is InChI=1S/C18H27BrN4O.HI/c1-13-5-4-10-23(12-13)18(20-3)21-9-8-17(24)22-16-7-6-15(19)11-14(16)2;/h6-7,11,13H,4-5,8-10,12H2,1-3H3,(H,20,21)(H,22,24);1H. The number of aliphatic imine (C=N–C) groups is 1. The Balaban J connectivity index is 0.00000312. The number of amides is 1. The monoisotopic (exact) mass is 522 g/mol. The van der Waals surface area contributed by atoms with Gasteiger partial charge in [0.05, 0.1) is 0 Å². The summed E-state index contributed by atoms with van der Waals surface area (Å²) in [6.07, 6.45) is 2.89. The fraction of sp³-hybridized carbons (Fsp3) is 0.556. The summed E-state index contributed by atoms with van der Waals surface area (Å²) in [6.45, 7) is 6.91. The number of benzene rings is 1. The summed E-state index contributed by atoms with van der Waals surface area (Å²) in [7, 11) is 1.80. The Bertz CT molecular complexity index is 609. The average Bonchev–Trinajstić information content (AvgIpc) is 2.54. The number of hydrogen-bond acceptors (Lipinski definition) is 2. The van der Waals surface area contributed by atoms with Crippen molar-refractivity contribution >= 4 is 57.5 Å². The maximum Gasteiger partial charge on any atom is 0.226 e. The van der Waals surface area contributed by atoms with E-state index in [0.717, 1.165) is 34.8 Å². The van der Waals surface area contributed by atoms with Crippen molar-refractivity contribution in [2.75, 3.05) is 32.0 Å². The van der Waals surface area contributed by atoms with E-state index in [0.29, 0.717) is 18.9 Å². The van der Waals surface area contributed by atoms with Gasteiger partial charge < -0.3 is 15.5 Å². The van der Waals surface area contributed by atoms with Gasteiger partial charge in [0.1, 0.15) is 0 Å². The maximum atomic E-state index is 12.1. The van der Waals surface area contributed by atoms with Gasteiger partial charge in [-0.3, -0.25) is 9.79 Å². The molecule has 1 aromatic rings. The maximum absolute atomic E-state index is 12.1. The number of halogens is 2. The van der Waals surface area contributed by atoms with E-state index < -0.39 is 0 Å². The molecule has 1 aliphatic heterocycles. The first-order chi connectivity index (χ1) is 11.5. The summed E-state index contributed by atoms with van der Waals surface area (Å²) in [5.74, 6) is 1.60. The van der Waals surface area contributed by atoms with Crippen LogP contribution in [0.2, 0.25) is 0 Å². The molecule has 1 unspecified atom stereocenters. The molecule has 0 bridgehead atoms. The van der Waals surface area contributed by atoms with Crippen molar-refractivity contribution in [2.24, 2.45) is 10.9 Å². The fourth-order valence-electron chi connectivity index (χ4n) is 2.98. The van der Waals surface area contributed by atoms with Crippen molar-refractivity contribution < 1.29 is 4.79 Å². The molecule has 7 heteroatoms. The van der Waals surface area contributed by atoms with Gasteiger partial charge in [-0.2, -0.15) is 0 Å². The number of carbonyl (C=O) groups is 1. The van der Waals surface area contributed by atoms with E-state index in [1.807, 2.05) is 25.1 Å². The van der Waals surface area contributed by atoms with Crippen LogP contribution in [0.15, 0.2) is 27.7 Å². The first-order valence-electron chi connectivity index (χ1n) is 8.51. The first kappa shape index (κ1) is 22.2. The smallest absolute Gasteiger partial charge is 0.226 e. The van der Waals surface area contributed by atoms with Gasteiger partial charge in [-0.1, -0.05) is 22.9 Å². The number of aryl methyl sites for hydroxylation is 1. The van der Waals surface area contributed by atoms with Crippen LogP contribution in [0, 0.1) is 12.8 Å². The molecule has 0 spiro atoms. The summed E-state index contributed by atoms with van der Waals surface area (Å²) in [6, 6.07) is 5.84. The Labute approximate surface area is 176 Å². The molecule has 1 atom stereocenters. The number of piperidine rings is 1. The third-order valence-electron chi connectivity index (χ3n) is 4.27. The Hall–Kier alpha value is -0.830. The SMILES string of the molecule is CN=C(NCCC(=O)Nc1ccc(Br)cc1C)N1CCCC(C)C1.I. The molecule has 0 saturated carbocycles. The van der Waals surface area contributed by atoms with Gasteiger partial charge in [0.15, 0.2) is 5.96 Å². The van der Waals surface area contributed by atoms with E-state index in [1.165, 1.54) is 12.8 Å². The number of carbonyl (C=O) groups excluding carboxylic acids is 1. The predicted molar refractivity (Wildman–Crippen MR) is 119 cm³/mol. The zero-order chi connectivity index (χ0) is 17.5. The highest BCUT2D eigenvalue weighted by atomic mass is 127. The van der Waals surface area contributed by atoms with Crippen molar-refractivity contribution in [3.05, 3.63) is 28.2 Å². The second-order valence-electron chi connectivity index (χ2n) is 6.42. The van der Waals surface area contributed by atoms with E-state index >= 15 is 0 Å². The lowest BCUT2D eigenvalue weighted by molar-refractivity contribution is -0.116. The van der Waals surface area contributed by atoms with E-state index in [-0.39, 0.29) is 29.9 Å². The number of anilines is 1. The minimum Gasteiger partial charge on any atom is -0.356 e. The Morgan fingerprint density at radius 3 is 2.84 bits per heavy atom. The molecule has 1 saturated heterocycles. The van der Waals surface area contributed by atoms with E-state index in [1.54, 1.807) is 7.05 Å². The number of nitrogens with zero attached hydrogens (tertiary/aromatic N) is 2. The van der Waals surface area contributed by atoms with Crippen molar-refractivity contribution in [1.29, 1.82) is 0 Å². The summed E-state index contributed by atoms with van der Waals surface area (Å²) in [5.41, 5.74) is 1.90. The molecule has 1 aromatic carbocycles. The van der Waals surface area contributed by atoms with Gasteiger partial charge in [0.25, 0.3) is 0 Å². The van der Waals surface area contributed by atoms with Gasteiger partial charge in [0, 0.05) is 43.3 Å². The van der Waals surface area contributed by atoms with Gasteiger partial charge in [-0.15, -0.1) is 24.0 Å². The molecule has 2 rings (SSSR count). The van der Waals surface area contributed by atoms with Gasteiger partial charge in [-0.25, -0.2) is 0 Å². The third-order valence-corrected chi connectivity index (χ3v) is 4.76. The van der Waals surface area contributed by atoms with Gasteiger partial charge in [0.2, 0.25) is 5.91 Å². The molecule has 1 heterocycles. The minimum absolute atomic E-state index is 0. The molecule has 1 amide bonds. The molecular formula is C18H28BrIN4O. The molecule has 5 nitrogen and oxygen atoms in total. The largest absolute Gasteiger partial charge is 0.356 e. The number of hydrogen-bond donors (Lipinski definition) is 2. The minimum atomic E-state index is 0. The lowest BCUT2D eigenvalue weighted by Crippen LogP contribution is -2.46.